The predicted molar refractivity (Wildman–Crippen MR) is 93.6 cm³/mol. The highest BCUT2D eigenvalue weighted by molar-refractivity contribution is 5.69. The Hall–Kier alpha value is -0.810. The average molecular weight is 325 g/mol. The second-order valence-corrected chi connectivity index (χ2v) is 8.34. The number of ether oxygens (including phenoxy) is 1. The maximum absolute atomic E-state index is 12.5. The van der Waals surface area contributed by atoms with E-state index in [4.69, 9.17) is 4.74 Å². The highest BCUT2D eigenvalue weighted by atomic mass is 16.6. The molecule has 0 radical (unpaired) electrons. The molecule has 0 bridgehead atoms. The topological polar surface area (TPSA) is 44.8 Å². The zero-order valence-electron chi connectivity index (χ0n) is 15.6. The Kier molecular flexibility index (Phi) is 6.32. The third-order valence-electron chi connectivity index (χ3n) is 4.96. The van der Waals surface area contributed by atoms with Crippen molar-refractivity contribution in [2.75, 3.05) is 33.7 Å². The molecule has 2 aliphatic rings. The zero-order valence-corrected chi connectivity index (χ0v) is 15.6. The Bertz CT molecular complexity index is 392. The van der Waals surface area contributed by atoms with Crippen molar-refractivity contribution in [3.63, 3.8) is 0 Å². The number of rotatable bonds is 5. The van der Waals surface area contributed by atoms with Crippen LogP contribution in [0.25, 0.3) is 0 Å². The third kappa shape index (κ3) is 5.35. The monoisotopic (exact) mass is 325 g/mol. The molecular formula is C18H35N3O2. The van der Waals surface area contributed by atoms with E-state index in [1.165, 1.54) is 19.3 Å². The highest BCUT2D eigenvalue weighted by Gasteiger charge is 2.41. The van der Waals surface area contributed by atoms with Crippen LogP contribution in [0.5, 0.6) is 0 Å². The van der Waals surface area contributed by atoms with Crippen molar-refractivity contribution in [2.24, 2.45) is 5.92 Å². The van der Waals surface area contributed by atoms with Crippen LogP contribution in [0.3, 0.4) is 0 Å². The standard InChI is InChI=1S/C18H35N3O2/c1-18(2,3)23-17(22)21-12-7-10-16(21)14-8-6-9-15(14)19-11-13-20(4)5/h14-16,19H,6-13H2,1-5H3. The predicted octanol–water partition coefficient (Wildman–Crippen LogP) is 2.71. The molecule has 0 spiro atoms. The summed E-state index contributed by atoms with van der Waals surface area (Å²) in [6.07, 6.45) is 5.82. The minimum atomic E-state index is -0.413. The van der Waals surface area contributed by atoms with E-state index in [0.717, 1.165) is 32.5 Å². The average Bonchev–Trinajstić information content (AvgIpc) is 3.03. The fourth-order valence-electron chi connectivity index (χ4n) is 3.96. The Morgan fingerprint density at radius 1 is 1.22 bits per heavy atom. The van der Waals surface area contributed by atoms with Gasteiger partial charge < -0.3 is 19.9 Å². The largest absolute Gasteiger partial charge is 0.444 e. The van der Waals surface area contributed by atoms with Gasteiger partial charge in [0.1, 0.15) is 5.60 Å². The summed E-state index contributed by atoms with van der Waals surface area (Å²) < 4.78 is 5.62. The first-order chi connectivity index (χ1) is 10.8. The van der Waals surface area contributed by atoms with Gasteiger partial charge in [-0.25, -0.2) is 4.79 Å². The van der Waals surface area contributed by atoms with E-state index in [-0.39, 0.29) is 6.09 Å². The lowest BCUT2D eigenvalue weighted by Gasteiger charge is -2.34. The normalized spacial score (nSPS) is 28.6. The van der Waals surface area contributed by atoms with E-state index in [0.29, 0.717) is 18.0 Å². The summed E-state index contributed by atoms with van der Waals surface area (Å²) in [5.41, 5.74) is -0.413. The summed E-state index contributed by atoms with van der Waals surface area (Å²) in [5, 5.41) is 3.73. The Labute approximate surface area is 141 Å². The van der Waals surface area contributed by atoms with E-state index < -0.39 is 5.60 Å². The van der Waals surface area contributed by atoms with Crippen LogP contribution >= 0.6 is 0 Å². The summed E-state index contributed by atoms with van der Waals surface area (Å²) >= 11 is 0. The van der Waals surface area contributed by atoms with Crippen LogP contribution in [-0.4, -0.2) is 67.3 Å². The van der Waals surface area contributed by atoms with Gasteiger partial charge in [-0.1, -0.05) is 6.42 Å². The molecular weight excluding hydrogens is 290 g/mol. The summed E-state index contributed by atoms with van der Waals surface area (Å²) in [6, 6.07) is 0.896. The first-order valence-corrected chi connectivity index (χ1v) is 9.15. The van der Waals surface area contributed by atoms with Crippen LogP contribution in [-0.2, 0) is 4.74 Å². The van der Waals surface area contributed by atoms with Crippen molar-refractivity contribution in [3.8, 4) is 0 Å². The summed E-state index contributed by atoms with van der Waals surface area (Å²) in [6.45, 7) is 8.75. The second-order valence-electron chi connectivity index (χ2n) is 8.34. The van der Waals surface area contributed by atoms with Crippen molar-refractivity contribution in [2.45, 2.75) is 70.6 Å². The number of carbonyl (C=O) groups is 1. The molecule has 23 heavy (non-hydrogen) atoms. The molecule has 1 N–H and O–H groups in total. The summed E-state index contributed by atoms with van der Waals surface area (Å²) in [7, 11) is 4.21. The molecule has 134 valence electrons. The van der Waals surface area contributed by atoms with Gasteiger partial charge in [-0.3, -0.25) is 0 Å². The van der Waals surface area contributed by atoms with Gasteiger partial charge in [0.05, 0.1) is 0 Å². The lowest BCUT2D eigenvalue weighted by atomic mass is 9.92. The molecule has 1 amide bonds. The summed E-state index contributed by atoms with van der Waals surface area (Å²) in [4.78, 5) is 16.7. The van der Waals surface area contributed by atoms with E-state index in [2.05, 4.69) is 24.3 Å². The smallest absolute Gasteiger partial charge is 0.410 e. The number of likely N-dealkylation sites (N-methyl/N-ethyl adjacent to an activating group) is 1. The molecule has 0 aromatic heterocycles. The molecule has 5 nitrogen and oxygen atoms in total. The molecule has 0 aromatic carbocycles. The first kappa shape index (κ1) is 18.5. The molecule has 3 unspecified atom stereocenters. The van der Waals surface area contributed by atoms with Crippen molar-refractivity contribution < 1.29 is 9.53 Å². The lowest BCUT2D eigenvalue weighted by molar-refractivity contribution is 0.0167. The number of nitrogens with one attached hydrogen (secondary N) is 1. The van der Waals surface area contributed by atoms with Crippen LogP contribution in [0.15, 0.2) is 0 Å². The van der Waals surface area contributed by atoms with E-state index >= 15 is 0 Å². The fraction of sp³-hybridized carbons (Fsp3) is 0.944. The van der Waals surface area contributed by atoms with Gasteiger partial charge in [0.2, 0.25) is 0 Å². The van der Waals surface area contributed by atoms with Crippen LogP contribution in [0.2, 0.25) is 0 Å². The van der Waals surface area contributed by atoms with Gasteiger partial charge in [-0.05, 0) is 66.5 Å². The van der Waals surface area contributed by atoms with Crippen molar-refractivity contribution in [1.82, 2.24) is 15.1 Å². The van der Waals surface area contributed by atoms with Crippen LogP contribution < -0.4 is 5.32 Å². The van der Waals surface area contributed by atoms with Gasteiger partial charge >= 0.3 is 6.09 Å². The maximum atomic E-state index is 12.5. The minimum Gasteiger partial charge on any atom is -0.444 e. The van der Waals surface area contributed by atoms with Crippen LogP contribution in [0.1, 0.15) is 52.9 Å². The van der Waals surface area contributed by atoms with Crippen LogP contribution in [0, 0.1) is 5.92 Å². The van der Waals surface area contributed by atoms with Crippen molar-refractivity contribution in [3.05, 3.63) is 0 Å². The second kappa shape index (κ2) is 7.84. The minimum absolute atomic E-state index is 0.126. The van der Waals surface area contributed by atoms with E-state index in [1.54, 1.807) is 0 Å². The number of amides is 1. The number of likely N-dealkylation sites (tertiary alicyclic amines) is 1. The Morgan fingerprint density at radius 2 is 1.96 bits per heavy atom. The van der Waals surface area contributed by atoms with Gasteiger partial charge in [0.15, 0.2) is 0 Å². The number of hydrogen-bond acceptors (Lipinski definition) is 4. The first-order valence-electron chi connectivity index (χ1n) is 9.15. The zero-order chi connectivity index (χ0) is 17.0. The molecule has 1 saturated carbocycles. The van der Waals surface area contributed by atoms with Crippen LogP contribution in [0.4, 0.5) is 4.79 Å². The summed E-state index contributed by atoms with van der Waals surface area (Å²) in [5.74, 6) is 0.576. The quantitative estimate of drug-likeness (QED) is 0.844. The molecule has 1 saturated heterocycles. The molecule has 1 aliphatic heterocycles. The molecule has 2 fully saturated rings. The SMILES string of the molecule is CN(C)CCNC1CCCC1C1CCCN1C(=O)OC(C)(C)C. The number of hydrogen-bond donors (Lipinski definition) is 1. The third-order valence-corrected chi connectivity index (χ3v) is 4.96. The molecule has 1 heterocycles. The lowest BCUT2D eigenvalue weighted by Crippen LogP contribution is -2.48. The number of nitrogens with zero attached hydrogens (tertiary/aromatic N) is 2. The Balaban J connectivity index is 1.93. The van der Waals surface area contributed by atoms with Gasteiger partial charge in [0, 0.05) is 31.7 Å². The fourth-order valence-corrected chi connectivity index (χ4v) is 3.96. The molecule has 0 aromatic rings. The highest BCUT2D eigenvalue weighted by Crippen LogP contribution is 2.36. The van der Waals surface area contributed by atoms with Gasteiger partial charge in [-0.2, -0.15) is 0 Å². The van der Waals surface area contributed by atoms with E-state index in [1.807, 2.05) is 25.7 Å². The molecule has 1 aliphatic carbocycles. The van der Waals surface area contributed by atoms with Gasteiger partial charge in [0.25, 0.3) is 0 Å². The van der Waals surface area contributed by atoms with Crippen molar-refractivity contribution >= 4 is 6.09 Å². The van der Waals surface area contributed by atoms with Gasteiger partial charge in [-0.15, -0.1) is 0 Å². The van der Waals surface area contributed by atoms with E-state index in [9.17, 15) is 4.79 Å². The van der Waals surface area contributed by atoms with Crippen molar-refractivity contribution in [1.29, 1.82) is 0 Å². The molecule has 3 atom stereocenters. The number of carbonyl (C=O) groups excluding carboxylic acids is 1. The molecule has 5 heteroatoms. The maximum Gasteiger partial charge on any atom is 0.410 e. The Morgan fingerprint density at radius 3 is 2.61 bits per heavy atom. The molecule has 2 rings (SSSR count).